The first kappa shape index (κ1) is 6.75. The van der Waals surface area contributed by atoms with Crippen molar-refractivity contribution in [3.63, 3.8) is 0 Å². The SMILES string of the molecule is CC(N)CC(=O)C1CC1. The minimum Gasteiger partial charge on any atom is -0.328 e. The fourth-order valence-electron chi connectivity index (χ4n) is 0.889. The minimum atomic E-state index is 0.0538. The number of nitrogens with two attached hydrogens (primary N) is 1. The van der Waals surface area contributed by atoms with Gasteiger partial charge in [-0.1, -0.05) is 0 Å². The Morgan fingerprint density at radius 3 is 2.67 bits per heavy atom. The van der Waals surface area contributed by atoms with Crippen LogP contribution in [0.4, 0.5) is 0 Å². The van der Waals surface area contributed by atoms with E-state index in [1.54, 1.807) is 0 Å². The van der Waals surface area contributed by atoms with Crippen molar-refractivity contribution >= 4 is 5.78 Å². The Balaban J connectivity index is 2.18. The number of hydrogen-bond acceptors (Lipinski definition) is 2. The lowest BCUT2D eigenvalue weighted by atomic mass is 10.1. The van der Waals surface area contributed by atoms with E-state index in [2.05, 4.69) is 0 Å². The fourth-order valence-corrected chi connectivity index (χ4v) is 0.889. The van der Waals surface area contributed by atoms with Gasteiger partial charge >= 0.3 is 0 Å². The zero-order valence-electron chi connectivity index (χ0n) is 5.76. The summed E-state index contributed by atoms with van der Waals surface area (Å²) in [6, 6.07) is 0.0538. The van der Waals surface area contributed by atoms with Crippen LogP contribution in [0.1, 0.15) is 26.2 Å². The highest BCUT2D eigenvalue weighted by molar-refractivity contribution is 5.83. The van der Waals surface area contributed by atoms with Crippen molar-refractivity contribution in [3.8, 4) is 0 Å². The molecule has 0 heterocycles. The number of rotatable bonds is 3. The van der Waals surface area contributed by atoms with Crippen LogP contribution in [-0.4, -0.2) is 11.8 Å². The van der Waals surface area contributed by atoms with E-state index in [1.807, 2.05) is 6.92 Å². The smallest absolute Gasteiger partial charge is 0.137 e. The molecule has 0 saturated heterocycles. The van der Waals surface area contributed by atoms with Crippen LogP contribution in [0, 0.1) is 5.92 Å². The molecular formula is C7H13NO. The Hall–Kier alpha value is -0.370. The molecule has 0 bridgehead atoms. The summed E-state index contributed by atoms with van der Waals surface area (Å²) in [6.45, 7) is 1.88. The summed E-state index contributed by atoms with van der Waals surface area (Å²) in [5.74, 6) is 0.751. The number of Topliss-reactive ketones (excluding diaryl/α,β-unsaturated/α-hetero) is 1. The van der Waals surface area contributed by atoms with Gasteiger partial charge in [0.25, 0.3) is 0 Å². The molecule has 1 aliphatic carbocycles. The molecule has 1 unspecified atom stereocenters. The van der Waals surface area contributed by atoms with Crippen LogP contribution in [-0.2, 0) is 4.79 Å². The molecular weight excluding hydrogens is 114 g/mol. The van der Waals surface area contributed by atoms with Crippen LogP contribution in [0.25, 0.3) is 0 Å². The first-order valence-electron chi connectivity index (χ1n) is 3.48. The topological polar surface area (TPSA) is 43.1 Å². The van der Waals surface area contributed by atoms with Crippen LogP contribution >= 0.6 is 0 Å². The number of ketones is 1. The van der Waals surface area contributed by atoms with Gasteiger partial charge in [-0.25, -0.2) is 0 Å². The van der Waals surface area contributed by atoms with Crippen LogP contribution < -0.4 is 5.73 Å². The second kappa shape index (κ2) is 2.48. The second-order valence-electron chi connectivity index (χ2n) is 2.92. The maximum Gasteiger partial charge on any atom is 0.137 e. The van der Waals surface area contributed by atoms with Gasteiger partial charge in [0.15, 0.2) is 0 Å². The lowest BCUT2D eigenvalue weighted by Crippen LogP contribution is -2.20. The van der Waals surface area contributed by atoms with E-state index in [0.29, 0.717) is 18.1 Å². The van der Waals surface area contributed by atoms with Crippen molar-refractivity contribution in [2.75, 3.05) is 0 Å². The lowest BCUT2D eigenvalue weighted by Gasteiger charge is -2.00. The van der Waals surface area contributed by atoms with E-state index in [-0.39, 0.29) is 6.04 Å². The Kier molecular flexibility index (Phi) is 1.86. The van der Waals surface area contributed by atoms with Crippen molar-refractivity contribution in [1.82, 2.24) is 0 Å². The van der Waals surface area contributed by atoms with Crippen molar-refractivity contribution in [2.45, 2.75) is 32.2 Å². The quantitative estimate of drug-likeness (QED) is 0.606. The monoisotopic (exact) mass is 127 g/mol. The first-order valence-corrected chi connectivity index (χ1v) is 3.48. The standard InChI is InChI=1S/C7H13NO/c1-5(8)4-7(9)6-2-3-6/h5-6H,2-4,8H2,1H3. The third-order valence-electron chi connectivity index (χ3n) is 1.56. The molecule has 52 valence electrons. The highest BCUT2D eigenvalue weighted by atomic mass is 16.1. The summed E-state index contributed by atoms with van der Waals surface area (Å²) in [4.78, 5) is 10.9. The molecule has 1 fully saturated rings. The van der Waals surface area contributed by atoms with E-state index in [1.165, 1.54) is 0 Å². The molecule has 2 nitrogen and oxygen atoms in total. The normalized spacial score (nSPS) is 21.6. The molecule has 0 aliphatic heterocycles. The van der Waals surface area contributed by atoms with Gasteiger partial charge in [0.05, 0.1) is 0 Å². The van der Waals surface area contributed by atoms with Gasteiger partial charge in [0.1, 0.15) is 5.78 Å². The summed E-state index contributed by atoms with van der Waals surface area (Å²) in [5.41, 5.74) is 5.44. The van der Waals surface area contributed by atoms with E-state index in [4.69, 9.17) is 5.73 Å². The maximum absolute atomic E-state index is 10.9. The van der Waals surface area contributed by atoms with Crippen molar-refractivity contribution in [2.24, 2.45) is 11.7 Å². The maximum atomic E-state index is 10.9. The molecule has 1 rings (SSSR count). The molecule has 0 aromatic heterocycles. The predicted octanol–water partition coefficient (Wildman–Crippen LogP) is 0.703. The molecule has 0 amide bonds. The van der Waals surface area contributed by atoms with Gasteiger partial charge in [-0.15, -0.1) is 0 Å². The van der Waals surface area contributed by atoms with Crippen molar-refractivity contribution < 1.29 is 4.79 Å². The summed E-state index contributed by atoms with van der Waals surface area (Å²) in [6.07, 6.45) is 2.78. The summed E-state index contributed by atoms with van der Waals surface area (Å²) < 4.78 is 0. The van der Waals surface area contributed by atoms with Crippen molar-refractivity contribution in [1.29, 1.82) is 0 Å². The van der Waals surface area contributed by atoms with Crippen LogP contribution in [0.15, 0.2) is 0 Å². The highest BCUT2D eigenvalue weighted by Crippen LogP contribution is 2.30. The molecule has 1 atom stereocenters. The zero-order valence-corrected chi connectivity index (χ0v) is 5.76. The fraction of sp³-hybridized carbons (Fsp3) is 0.857. The molecule has 2 N–H and O–H groups in total. The molecule has 0 aromatic carbocycles. The molecule has 1 aliphatic rings. The second-order valence-corrected chi connectivity index (χ2v) is 2.92. The lowest BCUT2D eigenvalue weighted by molar-refractivity contribution is -0.120. The minimum absolute atomic E-state index is 0.0538. The number of carbonyl (C=O) groups excluding carboxylic acids is 1. The van der Waals surface area contributed by atoms with Gasteiger partial charge in [-0.05, 0) is 19.8 Å². The van der Waals surface area contributed by atoms with Gasteiger partial charge in [0, 0.05) is 18.4 Å². The Bertz CT molecular complexity index is 116. The van der Waals surface area contributed by atoms with E-state index in [0.717, 1.165) is 12.8 Å². The Labute approximate surface area is 55.4 Å². The molecule has 0 aromatic rings. The van der Waals surface area contributed by atoms with E-state index in [9.17, 15) is 4.79 Å². The molecule has 0 spiro atoms. The summed E-state index contributed by atoms with van der Waals surface area (Å²) >= 11 is 0. The average Bonchev–Trinajstić information content (AvgIpc) is 2.40. The van der Waals surface area contributed by atoms with Crippen LogP contribution in [0.5, 0.6) is 0 Å². The third-order valence-corrected chi connectivity index (χ3v) is 1.56. The van der Waals surface area contributed by atoms with Crippen molar-refractivity contribution in [3.05, 3.63) is 0 Å². The Morgan fingerprint density at radius 1 is 1.78 bits per heavy atom. The van der Waals surface area contributed by atoms with Gasteiger partial charge in [-0.2, -0.15) is 0 Å². The largest absolute Gasteiger partial charge is 0.328 e. The predicted molar refractivity (Wildman–Crippen MR) is 36.0 cm³/mol. The molecule has 0 radical (unpaired) electrons. The van der Waals surface area contributed by atoms with Crippen LogP contribution in [0.2, 0.25) is 0 Å². The number of carbonyl (C=O) groups is 1. The zero-order chi connectivity index (χ0) is 6.85. The first-order chi connectivity index (χ1) is 4.20. The molecule has 1 saturated carbocycles. The number of hydrogen-bond donors (Lipinski definition) is 1. The van der Waals surface area contributed by atoms with E-state index >= 15 is 0 Å². The van der Waals surface area contributed by atoms with Gasteiger partial charge in [0.2, 0.25) is 0 Å². The third kappa shape index (κ3) is 2.14. The van der Waals surface area contributed by atoms with Gasteiger partial charge < -0.3 is 5.73 Å². The summed E-state index contributed by atoms with van der Waals surface area (Å²) in [7, 11) is 0. The van der Waals surface area contributed by atoms with E-state index < -0.39 is 0 Å². The molecule has 2 heteroatoms. The Morgan fingerprint density at radius 2 is 2.33 bits per heavy atom. The summed E-state index contributed by atoms with van der Waals surface area (Å²) in [5, 5.41) is 0. The van der Waals surface area contributed by atoms with Gasteiger partial charge in [-0.3, -0.25) is 4.79 Å². The molecule has 9 heavy (non-hydrogen) atoms. The highest BCUT2D eigenvalue weighted by Gasteiger charge is 2.29. The average molecular weight is 127 g/mol. The van der Waals surface area contributed by atoms with Crippen LogP contribution in [0.3, 0.4) is 0 Å².